The molecule has 0 aliphatic heterocycles. The van der Waals surface area contributed by atoms with Crippen molar-refractivity contribution in [1.82, 2.24) is 5.32 Å². The van der Waals surface area contributed by atoms with Crippen LogP contribution in [0.3, 0.4) is 0 Å². The first-order chi connectivity index (χ1) is 10.8. The van der Waals surface area contributed by atoms with Gasteiger partial charge < -0.3 is 10.1 Å². The van der Waals surface area contributed by atoms with Crippen LogP contribution in [0.4, 0.5) is 0 Å². The Bertz CT molecular complexity index is 587. The minimum absolute atomic E-state index is 0.0484. The average Bonchev–Trinajstić information content (AvgIpc) is 2.55. The molecule has 2 aromatic carbocycles. The van der Waals surface area contributed by atoms with Crippen molar-refractivity contribution in [3.8, 4) is 5.75 Å². The maximum absolute atomic E-state index is 11.9. The Labute approximate surface area is 136 Å². The van der Waals surface area contributed by atoms with Crippen LogP contribution in [0.15, 0.2) is 54.6 Å². The molecule has 0 aliphatic carbocycles. The van der Waals surface area contributed by atoms with Gasteiger partial charge in [0.25, 0.3) is 0 Å². The summed E-state index contributed by atoms with van der Waals surface area (Å²) >= 11 is 1.62. The van der Waals surface area contributed by atoms with Gasteiger partial charge in [0, 0.05) is 17.9 Å². The van der Waals surface area contributed by atoms with Gasteiger partial charge in [-0.05, 0) is 18.6 Å². The van der Waals surface area contributed by atoms with Crippen molar-refractivity contribution in [3.05, 3.63) is 65.7 Å². The Morgan fingerprint density at radius 3 is 2.59 bits per heavy atom. The Kier molecular flexibility index (Phi) is 6.84. The van der Waals surface area contributed by atoms with Gasteiger partial charge in [0.15, 0.2) is 0 Å². The normalized spacial score (nSPS) is 10.2. The van der Waals surface area contributed by atoms with Crippen LogP contribution in [0.2, 0.25) is 0 Å². The molecule has 2 aromatic rings. The molecule has 0 aliphatic rings. The number of ether oxygens (including phenoxy) is 1. The predicted octanol–water partition coefficient (Wildman–Crippen LogP) is 3.63. The van der Waals surface area contributed by atoms with E-state index in [4.69, 9.17) is 4.74 Å². The Balaban J connectivity index is 1.74. The number of hydrogen-bond donors (Lipinski definition) is 1. The molecule has 116 valence electrons. The van der Waals surface area contributed by atoms with Gasteiger partial charge in [0.05, 0.1) is 12.4 Å². The minimum Gasteiger partial charge on any atom is -0.494 e. The highest BCUT2D eigenvalue weighted by atomic mass is 32.2. The average molecular weight is 315 g/mol. The van der Waals surface area contributed by atoms with E-state index in [2.05, 4.69) is 17.4 Å². The number of rotatable bonds is 8. The molecule has 0 bridgehead atoms. The van der Waals surface area contributed by atoms with Gasteiger partial charge in [0.1, 0.15) is 5.75 Å². The van der Waals surface area contributed by atoms with E-state index >= 15 is 0 Å². The molecule has 0 saturated carbocycles. The van der Waals surface area contributed by atoms with Crippen molar-refractivity contribution in [2.45, 2.75) is 19.2 Å². The number of hydrogen-bond acceptors (Lipinski definition) is 3. The number of para-hydroxylation sites is 1. The van der Waals surface area contributed by atoms with Crippen molar-refractivity contribution in [1.29, 1.82) is 0 Å². The van der Waals surface area contributed by atoms with Crippen molar-refractivity contribution in [2.24, 2.45) is 0 Å². The molecule has 0 atom stereocenters. The Morgan fingerprint density at radius 1 is 1.09 bits per heavy atom. The molecule has 22 heavy (non-hydrogen) atoms. The summed E-state index contributed by atoms with van der Waals surface area (Å²) in [6.45, 7) is 3.08. The first-order valence-electron chi connectivity index (χ1n) is 7.38. The van der Waals surface area contributed by atoms with Gasteiger partial charge in [-0.1, -0.05) is 48.5 Å². The molecular weight excluding hydrogens is 294 g/mol. The van der Waals surface area contributed by atoms with E-state index in [0.29, 0.717) is 18.9 Å². The van der Waals surface area contributed by atoms with E-state index in [1.165, 1.54) is 5.56 Å². The zero-order valence-corrected chi connectivity index (χ0v) is 13.6. The molecule has 1 N–H and O–H groups in total. The van der Waals surface area contributed by atoms with Crippen LogP contribution >= 0.6 is 11.8 Å². The van der Waals surface area contributed by atoms with Gasteiger partial charge in [-0.3, -0.25) is 4.79 Å². The van der Waals surface area contributed by atoms with E-state index < -0.39 is 0 Å². The maximum atomic E-state index is 11.9. The maximum Gasteiger partial charge on any atom is 0.230 e. The van der Waals surface area contributed by atoms with Crippen LogP contribution in [-0.4, -0.2) is 18.3 Å². The van der Waals surface area contributed by atoms with Crippen LogP contribution in [0.5, 0.6) is 5.75 Å². The molecule has 0 aromatic heterocycles. The van der Waals surface area contributed by atoms with Crippen LogP contribution < -0.4 is 10.1 Å². The van der Waals surface area contributed by atoms with Crippen molar-refractivity contribution < 1.29 is 9.53 Å². The van der Waals surface area contributed by atoms with E-state index in [1.807, 2.05) is 49.4 Å². The fourth-order valence-corrected chi connectivity index (χ4v) is 2.84. The molecule has 2 rings (SSSR count). The molecule has 0 heterocycles. The summed E-state index contributed by atoms with van der Waals surface area (Å²) in [4.78, 5) is 11.9. The molecule has 0 saturated heterocycles. The largest absolute Gasteiger partial charge is 0.494 e. The van der Waals surface area contributed by atoms with Crippen LogP contribution in [0, 0.1) is 0 Å². The number of carbonyl (C=O) groups is 1. The summed E-state index contributed by atoms with van der Waals surface area (Å²) < 4.78 is 5.55. The van der Waals surface area contributed by atoms with Gasteiger partial charge in [-0.15, -0.1) is 11.8 Å². The summed E-state index contributed by atoms with van der Waals surface area (Å²) in [6.07, 6.45) is 0. The summed E-state index contributed by atoms with van der Waals surface area (Å²) in [5.41, 5.74) is 2.24. The lowest BCUT2D eigenvalue weighted by molar-refractivity contribution is -0.118. The summed E-state index contributed by atoms with van der Waals surface area (Å²) in [6, 6.07) is 18.0. The van der Waals surface area contributed by atoms with Crippen LogP contribution in [-0.2, 0) is 17.1 Å². The quantitative estimate of drug-likeness (QED) is 0.808. The summed E-state index contributed by atoms with van der Waals surface area (Å²) in [5, 5.41) is 2.94. The first-order valence-corrected chi connectivity index (χ1v) is 8.54. The summed E-state index contributed by atoms with van der Waals surface area (Å²) in [5.74, 6) is 2.20. The predicted molar refractivity (Wildman–Crippen MR) is 92.1 cm³/mol. The van der Waals surface area contributed by atoms with Crippen molar-refractivity contribution in [3.63, 3.8) is 0 Å². The molecular formula is C18H21NO2S. The first kappa shape index (κ1) is 16.4. The second kappa shape index (κ2) is 9.15. The monoisotopic (exact) mass is 315 g/mol. The fraction of sp³-hybridized carbons (Fsp3) is 0.278. The molecule has 1 amide bonds. The molecule has 4 heteroatoms. The number of carbonyl (C=O) groups excluding carboxylic acids is 1. The van der Waals surface area contributed by atoms with E-state index in [-0.39, 0.29) is 5.91 Å². The highest BCUT2D eigenvalue weighted by Crippen LogP contribution is 2.17. The lowest BCUT2D eigenvalue weighted by atomic mass is 10.2. The molecule has 0 unspecified atom stereocenters. The smallest absolute Gasteiger partial charge is 0.230 e. The Morgan fingerprint density at radius 2 is 1.82 bits per heavy atom. The third-order valence-electron chi connectivity index (χ3n) is 3.09. The van der Waals surface area contributed by atoms with Gasteiger partial charge in [-0.25, -0.2) is 0 Å². The molecule has 0 fully saturated rings. The highest BCUT2D eigenvalue weighted by Gasteiger charge is 2.05. The lowest BCUT2D eigenvalue weighted by Crippen LogP contribution is -2.24. The van der Waals surface area contributed by atoms with E-state index in [9.17, 15) is 4.79 Å². The topological polar surface area (TPSA) is 38.3 Å². The third-order valence-corrected chi connectivity index (χ3v) is 4.10. The van der Waals surface area contributed by atoms with E-state index in [1.54, 1.807) is 11.8 Å². The fourth-order valence-electron chi connectivity index (χ4n) is 2.03. The molecule has 0 radical (unpaired) electrons. The summed E-state index contributed by atoms with van der Waals surface area (Å²) in [7, 11) is 0. The van der Waals surface area contributed by atoms with E-state index in [0.717, 1.165) is 17.1 Å². The van der Waals surface area contributed by atoms with Gasteiger partial charge in [-0.2, -0.15) is 0 Å². The van der Waals surface area contributed by atoms with Gasteiger partial charge >= 0.3 is 0 Å². The zero-order chi connectivity index (χ0) is 15.6. The zero-order valence-electron chi connectivity index (χ0n) is 12.7. The van der Waals surface area contributed by atoms with Crippen molar-refractivity contribution in [2.75, 3.05) is 12.4 Å². The number of amides is 1. The number of nitrogens with one attached hydrogen (secondary N) is 1. The Hall–Kier alpha value is -1.94. The third kappa shape index (κ3) is 5.45. The van der Waals surface area contributed by atoms with Crippen LogP contribution in [0.1, 0.15) is 18.1 Å². The lowest BCUT2D eigenvalue weighted by Gasteiger charge is -2.11. The molecule has 3 nitrogen and oxygen atoms in total. The standard InChI is InChI=1S/C18H21NO2S/c1-2-21-17-11-7-6-10-16(17)12-19-18(20)14-22-13-15-8-4-3-5-9-15/h3-11H,2,12-14H2,1H3,(H,19,20). The van der Waals surface area contributed by atoms with Crippen molar-refractivity contribution >= 4 is 17.7 Å². The SMILES string of the molecule is CCOc1ccccc1CNC(=O)CSCc1ccccc1. The second-order valence-electron chi connectivity index (χ2n) is 4.80. The number of thioether (sulfide) groups is 1. The van der Waals surface area contributed by atoms with Gasteiger partial charge in [0.2, 0.25) is 5.91 Å². The second-order valence-corrected chi connectivity index (χ2v) is 5.78. The van der Waals surface area contributed by atoms with Crippen LogP contribution in [0.25, 0.3) is 0 Å². The highest BCUT2D eigenvalue weighted by molar-refractivity contribution is 7.99. The molecule has 0 spiro atoms. The number of benzene rings is 2. The minimum atomic E-state index is 0.0484.